The maximum absolute atomic E-state index is 13.3. The molecule has 1 unspecified atom stereocenters. The number of sulfonamides is 1. The van der Waals surface area contributed by atoms with E-state index in [0.717, 1.165) is 23.6 Å². The van der Waals surface area contributed by atoms with Crippen LogP contribution in [0.1, 0.15) is 32.6 Å². The zero-order valence-corrected chi connectivity index (χ0v) is 18.0. The Hall–Kier alpha value is -2.21. The van der Waals surface area contributed by atoms with Gasteiger partial charge in [0.05, 0.1) is 18.1 Å². The number of methoxy groups -OCH3 is 1. The van der Waals surface area contributed by atoms with E-state index in [1.54, 1.807) is 4.90 Å². The number of nitrogens with zero attached hydrogens (tertiary/aromatic N) is 2. The predicted octanol–water partition coefficient (Wildman–Crippen LogP) is 0.343. The fourth-order valence-corrected chi connectivity index (χ4v) is 5.11. The van der Waals surface area contributed by atoms with Crippen molar-refractivity contribution >= 4 is 21.8 Å². The average molecular weight is 444 g/mol. The number of aliphatic hydroxyl groups excluding tert-OH is 1. The molecule has 1 aliphatic heterocycles. The summed E-state index contributed by atoms with van der Waals surface area (Å²) in [6.07, 6.45) is 1.24. The van der Waals surface area contributed by atoms with Gasteiger partial charge in [-0.05, 0) is 50.5 Å². The van der Waals surface area contributed by atoms with Crippen LogP contribution >= 0.6 is 0 Å². The van der Waals surface area contributed by atoms with Crippen LogP contribution < -0.4 is 10.2 Å². The van der Waals surface area contributed by atoms with Crippen molar-refractivity contribution < 1.29 is 33.1 Å². The first kappa shape index (κ1) is 24.1. The van der Waals surface area contributed by atoms with Crippen LogP contribution in [0.15, 0.2) is 29.2 Å². The van der Waals surface area contributed by atoms with Gasteiger partial charge in [-0.15, -0.1) is 0 Å². The summed E-state index contributed by atoms with van der Waals surface area (Å²) in [5.41, 5.74) is 1.40. The minimum Gasteiger partial charge on any atom is -0.497 e. The number of amides is 2. The highest BCUT2D eigenvalue weighted by molar-refractivity contribution is 7.89. The van der Waals surface area contributed by atoms with E-state index in [1.165, 1.54) is 43.8 Å². The molecular weight excluding hydrogens is 414 g/mol. The van der Waals surface area contributed by atoms with Gasteiger partial charge < -0.3 is 14.7 Å². The summed E-state index contributed by atoms with van der Waals surface area (Å²) in [5, 5.41) is 19.2. The van der Waals surface area contributed by atoms with Crippen LogP contribution in [0.4, 0.5) is 0 Å². The van der Waals surface area contributed by atoms with Crippen LogP contribution in [0.5, 0.6) is 5.75 Å². The van der Waals surface area contributed by atoms with Crippen LogP contribution in [0, 0.1) is 0 Å². The lowest BCUT2D eigenvalue weighted by Gasteiger charge is -2.32. The second kappa shape index (κ2) is 10.7. The van der Waals surface area contributed by atoms with Crippen molar-refractivity contribution in [2.24, 2.45) is 0 Å². The highest BCUT2D eigenvalue weighted by Crippen LogP contribution is 2.23. The highest BCUT2D eigenvalue weighted by Gasteiger charge is 2.39. The van der Waals surface area contributed by atoms with Crippen LogP contribution in [0.2, 0.25) is 0 Å². The summed E-state index contributed by atoms with van der Waals surface area (Å²) < 4.78 is 32.3. The Kier molecular flexibility index (Phi) is 8.59. The first-order valence-electron chi connectivity index (χ1n) is 9.78. The zero-order valence-electron chi connectivity index (χ0n) is 17.2. The molecule has 3 N–H and O–H groups in total. The molecule has 10 nitrogen and oxygen atoms in total. The number of ether oxygens (including phenoxy) is 1. The smallest absolute Gasteiger partial charge is 0.264 e. The summed E-state index contributed by atoms with van der Waals surface area (Å²) in [6.45, 7) is 2.14. The van der Waals surface area contributed by atoms with E-state index in [0.29, 0.717) is 18.8 Å². The zero-order chi connectivity index (χ0) is 22.3. The number of rotatable bonds is 9. The van der Waals surface area contributed by atoms with E-state index in [2.05, 4.69) is 0 Å². The molecule has 168 valence electrons. The third kappa shape index (κ3) is 5.69. The monoisotopic (exact) mass is 443 g/mol. The largest absolute Gasteiger partial charge is 0.497 e. The molecule has 0 aliphatic carbocycles. The van der Waals surface area contributed by atoms with Crippen molar-refractivity contribution in [2.45, 2.75) is 49.6 Å². The molecule has 1 aliphatic rings. The van der Waals surface area contributed by atoms with Gasteiger partial charge in [-0.3, -0.25) is 14.8 Å². The molecule has 11 heteroatoms. The molecule has 0 spiro atoms. The number of benzene rings is 1. The van der Waals surface area contributed by atoms with Crippen molar-refractivity contribution in [3.63, 3.8) is 0 Å². The number of carbonyl (C=O) groups is 2. The van der Waals surface area contributed by atoms with E-state index in [-0.39, 0.29) is 23.8 Å². The lowest BCUT2D eigenvalue weighted by Crippen LogP contribution is -2.55. The van der Waals surface area contributed by atoms with Gasteiger partial charge in [-0.2, -0.15) is 4.31 Å². The molecule has 1 saturated heterocycles. The van der Waals surface area contributed by atoms with E-state index >= 15 is 0 Å². The fraction of sp³-hybridized carbons (Fsp3) is 0.579. The maximum atomic E-state index is 13.3. The van der Waals surface area contributed by atoms with Gasteiger partial charge in [0, 0.05) is 26.1 Å². The summed E-state index contributed by atoms with van der Waals surface area (Å²) in [6, 6.07) is 3.91. The first-order chi connectivity index (χ1) is 14.2. The van der Waals surface area contributed by atoms with Crippen LogP contribution in [0.25, 0.3) is 0 Å². The van der Waals surface area contributed by atoms with Crippen LogP contribution in [-0.4, -0.2) is 78.6 Å². The number of hydrogen-bond acceptors (Lipinski definition) is 7. The minimum atomic E-state index is -4.28. The van der Waals surface area contributed by atoms with Gasteiger partial charge in [-0.25, -0.2) is 13.9 Å². The molecule has 0 saturated carbocycles. The standard InChI is InChI=1S/C19H29N3O7S/c1-14(23)18(19(25)20-26)22(13-10-17(24)21-11-4-3-5-12-21)30(27,28)16-8-6-15(29-2)7-9-16/h6-9,14,18,23,26H,3-5,10-13H2,1-2H3,(H,20,25)/t14-,18?/m1/s1. The third-order valence-electron chi connectivity index (χ3n) is 5.07. The van der Waals surface area contributed by atoms with Crippen LogP contribution in [-0.2, 0) is 19.6 Å². The van der Waals surface area contributed by atoms with Crippen molar-refractivity contribution in [3.8, 4) is 5.75 Å². The molecule has 2 atom stereocenters. The molecule has 0 radical (unpaired) electrons. The Morgan fingerprint density at radius 2 is 1.80 bits per heavy atom. The predicted molar refractivity (Wildman–Crippen MR) is 107 cm³/mol. The number of hydrogen-bond donors (Lipinski definition) is 3. The molecular formula is C19H29N3O7S. The topological polar surface area (TPSA) is 136 Å². The Bertz CT molecular complexity index is 821. The van der Waals surface area contributed by atoms with E-state index < -0.39 is 28.1 Å². The molecule has 2 rings (SSSR count). The molecule has 1 aromatic rings. The highest BCUT2D eigenvalue weighted by atomic mass is 32.2. The molecule has 0 aromatic heterocycles. The molecule has 1 aromatic carbocycles. The molecule has 2 amide bonds. The lowest BCUT2D eigenvalue weighted by molar-refractivity contribution is -0.138. The maximum Gasteiger partial charge on any atom is 0.264 e. The van der Waals surface area contributed by atoms with Crippen molar-refractivity contribution in [2.75, 3.05) is 26.7 Å². The van der Waals surface area contributed by atoms with Gasteiger partial charge in [0.15, 0.2) is 0 Å². The fourth-order valence-electron chi connectivity index (χ4n) is 3.46. The number of likely N-dealkylation sites (tertiary alicyclic amines) is 1. The quantitative estimate of drug-likeness (QED) is 0.370. The number of carbonyl (C=O) groups excluding carboxylic acids is 2. The third-order valence-corrected chi connectivity index (χ3v) is 6.96. The number of piperidine rings is 1. The van der Waals surface area contributed by atoms with Crippen LogP contribution in [0.3, 0.4) is 0 Å². The Morgan fingerprint density at radius 1 is 1.20 bits per heavy atom. The van der Waals surface area contributed by atoms with Gasteiger partial charge in [0.25, 0.3) is 5.91 Å². The number of aliphatic hydroxyl groups is 1. The summed E-state index contributed by atoms with van der Waals surface area (Å²) in [5.74, 6) is -0.869. The molecule has 1 heterocycles. The van der Waals surface area contributed by atoms with Crippen molar-refractivity contribution in [1.29, 1.82) is 0 Å². The van der Waals surface area contributed by atoms with Gasteiger partial charge in [0.2, 0.25) is 15.9 Å². The van der Waals surface area contributed by atoms with Crippen molar-refractivity contribution in [1.82, 2.24) is 14.7 Å². The summed E-state index contributed by atoms with van der Waals surface area (Å²) in [7, 11) is -2.84. The lowest BCUT2D eigenvalue weighted by atomic mass is 10.1. The summed E-state index contributed by atoms with van der Waals surface area (Å²) >= 11 is 0. The Labute approximate surface area is 176 Å². The van der Waals surface area contributed by atoms with E-state index in [1.807, 2.05) is 0 Å². The Balaban J connectivity index is 2.33. The summed E-state index contributed by atoms with van der Waals surface area (Å²) in [4.78, 5) is 26.3. The molecule has 0 bridgehead atoms. The second-order valence-corrected chi connectivity index (χ2v) is 9.03. The average Bonchev–Trinajstić information content (AvgIpc) is 2.76. The van der Waals surface area contributed by atoms with E-state index in [9.17, 15) is 23.1 Å². The van der Waals surface area contributed by atoms with Crippen molar-refractivity contribution in [3.05, 3.63) is 24.3 Å². The van der Waals surface area contributed by atoms with Gasteiger partial charge >= 0.3 is 0 Å². The van der Waals surface area contributed by atoms with Gasteiger partial charge in [0.1, 0.15) is 11.8 Å². The number of hydroxylamine groups is 1. The Morgan fingerprint density at radius 3 is 2.30 bits per heavy atom. The second-order valence-electron chi connectivity index (χ2n) is 7.14. The molecule has 1 fully saturated rings. The van der Waals surface area contributed by atoms with E-state index in [4.69, 9.17) is 9.94 Å². The minimum absolute atomic E-state index is 0.134. The normalized spacial score (nSPS) is 16.8. The first-order valence-corrected chi connectivity index (χ1v) is 11.2. The van der Waals surface area contributed by atoms with Gasteiger partial charge in [-0.1, -0.05) is 0 Å². The SMILES string of the molecule is COc1ccc(S(=O)(=O)N(CCC(=O)N2CCCCC2)C(C(=O)NO)[C@@H](C)O)cc1. The number of nitrogens with one attached hydrogen (secondary N) is 1. The molecule has 30 heavy (non-hydrogen) atoms.